The monoisotopic (exact) mass is 287 g/mol. The summed E-state index contributed by atoms with van der Waals surface area (Å²) in [6.07, 6.45) is -4.30. The fourth-order valence-corrected chi connectivity index (χ4v) is 1.61. The second kappa shape index (κ2) is 5.59. The quantitative estimate of drug-likeness (QED) is 0.893. The van der Waals surface area contributed by atoms with Crippen LogP contribution in [0, 0.1) is 0 Å². The molecule has 8 heteroatoms. The Balaban J connectivity index is 2.16. The van der Waals surface area contributed by atoms with Crippen LogP contribution in [0.2, 0.25) is 0 Å². The molecule has 0 spiro atoms. The summed E-state index contributed by atoms with van der Waals surface area (Å²) in [7, 11) is 0. The molecule has 0 saturated heterocycles. The van der Waals surface area contributed by atoms with Gasteiger partial charge in [-0.1, -0.05) is 23.4 Å². The maximum absolute atomic E-state index is 12.6. The topological polar surface area (TPSA) is 85.2 Å². The molecular formula is C12H12F3N3O2. The van der Waals surface area contributed by atoms with Crippen molar-refractivity contribution in [2.24, 2.45) is 5.73 Å². The summed E-state index contributed by atoms with van der Waals surface area (Å²) < 4.78 is 42.5. The summed E-state index contributed by atoms with van der Waals surface area (Å²) in [5, 5.41) is 12.4. The van der Waals surface area contributed by atoms with Gasteiger partial charge in [0.1, 0.15) is 6.04 Å². The van der Waals surface area contributed by atoms with Crippen molar-refractivity contribution in [2.45, 2.75) is 18.6 Å². The summed E-state index contributed by atoms with van der Waals surface area (Å²) in [4.78, 5) is 3.92. The Morgan fingerprint density at radius 3 is 2.75 bits per heavy atom. The van der Waals surface area contributed by atoms with E-state index in [2.05, 4.69) is 10.1 Å². The molecule has 0 fully saturated rings. The van der Waals surface area contributed by atoms with Gasteiger partial charge in [0.05, 0.1) is 12.2 Å². The summed E-state index contributed by atoms with van der Waals surface area (Å²) >= 11 is 0. The van der Waals surface area contributed by atoms with E-state index < -0.39 is 17.8 Å². The first kappa shape index (κ1) is 14.5. The van der Waals surface area contributed by atoms with Crippen molar-refractivity contribution in [3.8, 4) is 0 Å². The summed E-state index contributed by atoms with van der Waals surface area (Å²) in [5.41, 5.74) is 5.16. The molecule has 0 bridgehead atoms. The number of benzene rings is 1. The predicted octanol–water partition coefficient (Wildman–Crippen LogP) is 1.67. The molecule has 5 nitrogen and oxygen atoms in total. The smallest absolute Gasteiger partial charge is 0.394 e. The first-order chi connectivity index (χ1) is 9.40. The molecule has 1 aromatic heterocycles. The van der Waals surface area contributed by atoms with Crippen LogP contribution in [-0.2, 0) is 12.6 Å². The molecule has 0 radical (unpaired) electrons. The van der Waals surface area contributed by atoms with Crippen molar-refractivity contribution in [2.75, 3.05) is 6.61 Å². The summed E-state index contributed by atoms with van der Waals surface area (Å²) in [6.45, 7) is -0.356. The van der Waals surface area contributed by atoms with E-state index in [1.165, 1.54) is 12.1 Å². The van der Waals surface area contributed by atoms with Gasteiger partial charge in [0.25, 0.3) is 0 Å². The number of rotatable bonds is 4. The summed E-state index contributed by atoms with van der Waals surface area (Å²) in [6, 6.07) is 4.09. The van der Waals surface area contributed by atoms with Gasteiger partial charge in [-0.05, 0) is 11.6 Å². The van der Waals surface area contributed by atoms with Gasteiger partial charge >= 0.3 is 6.18 Å². The lowest BCUT2D eigenvalue weighted by Gasteiger charge is -2.07. The maximum atomic E-state index is 12.6. The normalized spacial score (nSPS) is 13.4. The third-order valence-electron chi connectivity index (χ3n) is 2.61. The fraction of sp³-hybridized carbons (Fsp3) is 0.333. The Morgan fingerprint density at radius 2 is 2.10 bits per heavy atom. The maximum Gasteiger partial charge on any atom is 0.416 e. The minimum atomic E-state index is -4.39. The van der Waals surface area contributed by atoms with E-state index in [1.807, 2.05) is 0 Å². The highest BCUT2D eigenvalue weighted by Crippen LogP contribution is 2.29. The molecule has 1 heterocycles. The lowest BCUT2D eigenvalue weighted by atomic mass is 10.1. The lowest BCUT2D eigenvalue weighted by Crippen LogP contribution is -2.14. The van der Waals surface area contributed by atoms with Crippen LogP contribution in [0.1, 0.15) is 28.9 Å². The first-order valence-electron chi connectivity index (χ1n) is 5.75. The summed E-state index contributed by atoms with van der Waals surface area (Å²) in [5.74, 6) is 0.262. The zero-order chi connectivity index (χ0) is 14.8. The van der Waals surface area contributed by atoms with E-state index in [9.17, 15) is 13.2 Å². The lowest BCUT2D eigenvalue weighted by molar-refractivity contribution is -0.137. The molecule has 1 unspecified atom stereocenters. The standard InChI is InChI=1S/C12H12F3N3O2/c13-12(14,15)8-3-1-2-7(4-8)5-10-17-11(20-18-10)9(16)6-19/h1-4,9,19H,5-6,16H2. The minimum absolute atomic E-state index is 0.0504. The molecule has 2 aromatic rings. The highest BCUT2D eigenvalue weighted by molar-refractivity contribution is 5.27. The van der Waals surface area contributed by atoms with Gasteiger partial charge in [0, 0.05) is 6.42 Å². The molecule has 108 valence electrons. The van der Waals surface area contributed by atoms with Crippen molar-refractivity contribution >= 4 is 0 Å². The van der Waals surface area contributed by atoms with Crippen molar-refractivity contribution in [1.29, 1.82) is 0 Å². The average molecular weight is 287 g/mol. The first-order valence-corrected chi connectivity index (χ1v) is 5.75. The van der Waals surface area contributed by atoms with E-state index in [1.54, 1.807) is 0 Å². The Bertz CT molecular complexity index is 583. The molecule has 0 aliphatic heterocycles. The number of nitrogens with two attached hydrogens (primary N) is 1. The van der Waals surface area contributed by atoms with Crippen molar-refractivity contribution in [1.82, 2.24) is 10.1 Å². The van der Waals surface area contributed by atoms with Crippen LogP contribution in [0.15, 0.2) is 28.8 Å². The van der Waals surface area contributed by atoms with Crippen molar-refractivity contribution in [3.05, 3.63) is 47.1 Å². The Labute approximate surface area is 112 Å². The van der Waals surface area contributed by atoms with Gasteiger partial charge in [0.2, 0.25) is 5.89 Å². The molecule has 0 saturated carbocycles. The van der Waals surface area contributed by atoms with E-state index in [-0.39, 0.29) is 24.7 Å². The minimum Gasteiger partial charge on any atom is -0.394 e. The van der Waals surface area contributed by atoms with Gasteiger partial charge in [-0.25, -0.2) is 0 Å². The Morgan fingerprint density at radius 1 is 1.35 bits per heavy atom. The highest BCUT2D eigenvalue weighted by atomic mass is 19.4. The molecule has 0 aliphatic carbocycles. The molecule has 20 heavy (non-hydrogen) atoms. The number of aliphatic hydroxyl groups excluding tert-OH is 1. The SMILES string of the molecule is NC(CO)c1nc(Cc2cccc(C(F)(F)F)c2)no1. The molecule has 0 aliphatic rings. The Hall–Kier alpha value is -1.93. The zero-order valence-corrected chi connectivity index (χ0v) is 10.3. The third kappa shape index (κ3) is 3.34. The van der Waals surface area contributed by atoms with Crippen LogP contribution in [0.25, 0.3) is 0 Å². The number of hydrogen-bond acceptors (Lipinski definition) is 5. The largest absolute Gasteiger partial charge is 0.416 e. The van der Waals surface area contributed by atoms with E-state index in [0.717, 1.165) is 12.1 Å². The second-order valence-corrected chi connectivity index (χ2v) is 4.21. The van der Waals surface area contributed by atoms with Gasteiger partial charge in [-0.3, -0.25) is 0 Å². The number of alkyl halides is 3. The fourth-order valence-electron chi connectivity index (χ4n) is 1.61. The van der Waals surface area contributed by atoms with Crippen molar-refractivity contribution < 1.29 is 22.8 Å². The van der Waals surface area contributed by atoms with Crippen LogP contribution in [0.3, 0.4) is 0 Å². The number of nitrogens with zero attached hydrogens (tertiary/aromatic N) is 2. The molecule has 2 rings (SSSR count). The third-order valence-corrected chi connectivity index (χ3v) is 2.61. The van der Waals surface area contributed by atoms with Crippen LogP contribution < -0.4 is 5.73 Å². The van der Waals surface area contributed by atoms with Crippen LogP contribution >= 0.6 is 0 Å². The Kier molecular flexibility index (Phi) is 4.05. The van der Waals surface area contributed by atoms with Gasteiger partial charge in [-0.15, -0.1) is 0 Å². The molecule has 3 N–H and O–H groups in total. The van der Waals surface area contributed by atoms with E-state index in [4.69, 9.17) is 15.4 Å². The number of halogens is 3. The molecule has 1 aromatic carbocycles. The average Bonchev–Trinajstić information content (AvgIpc) is 2.85. The van der Waals surface area contributed by atoms with E-state index in [0.29, 0.717) is 5.56 Å². The zero-order valence-electron chi connectivity index (χ0n) is 10.3. The number of aromatic nitrogens is 2. The predicted molar refractivity (Wildman–Crippen MR) is 62.6 cm³/mol. The molecule has 1 atom stereocenters. The van der Waals surface area contributed by atoms with Crippen LogP contribution in [0.4, 0.5) is 13.2 Å². The highest BCUT2D eigenvalue weighted by Gasteiger charge is 2.30. The molecular weight excluding hydrogens is 275 g/mol. The number of aliphatic hydroxyl groups is 1. The van der Waals surface area contributed by atoms with Crippen molar-refractivity contribution in [3.63, 3.8) is 0 Å². The van der Waals surface area contributed by atoms with Crippen LogP contribution in [0.5, 0.6) is 0 Å². The van der Waals surface area contributed by atoms with Gasteiger partial charge < -0.3 is 15.4 Å². The molecule has 0 amide bonds. The van der Waals surface area contributed by atoms with Gasteiger partial charge in [-0.2, -0.15) is 18.2 Å². The second-order valence-electron chi connectivity index (χ2n) is 4.21. The number of hydrogen-bond donors (Lipinski definition) is 2. The van der Waals surface area contributed by atoms with Crippen LogP contribution in [-0.4, -0.2) is 21.9 Å². The van der Waals surface area contributed by atoms with Gasteiger partial charge in [0.15, 0.2) is 5.82 Å². The van der Waals surface area contributed by atoms with E-state index >= 15 is 0 Å².